The number of anilines is 1. The molecule has 0 saturated carbocycles. The second-order valence-corrected chi connectivity index (χ2v) is 4.15. The molecule has 1 aliphatic rings. The normalized spacial score (nSPS) is 19.8. The van der Waals surface area contributed by atoms with E-state index in [-0.39, 0.29) is 17.6 Å². The van der Waals surface area contributed by atoms with Crippen molar-refractivity contribution in [1.29, 1.82) is 0 Å². The number of nitrogens with zero attached hydrogens (tertiary/aromatic N) is 2. The highest BCUT2D eigenvalue weighted by Crippen LogP contribution is 2.30. The van der Waals surface area contributed by atoms with Crippen LogP contribution in [0.4, 0.5) is 11.4 Å². The molecule has 2 N–H and O–H groups in total. The van der Waals surface area contributed by atoms with Gasteiger partial charge in [0.1, 0.15) is 0 Å². The lowest BCUT2D eigenvalue weighted by atomic mass is 10.1. The summed E-state index contributed by atoms with van der Waals surface area (Å²) < 4.78 is 0. The number of hydrogen-bond donors (Lipinski definition) is 1. The second-order valence-electron chi connectivity index (χ2n) is 4.15. The molecular weight excluding hydrogens is 222 g/mol. The maximum absolute atomic E-state index is 11.7. The van der Waals surface area contributed by atoms with Crippen LogP contribution in [0.5, 0.6) is 0 Å². The lowest BCUT2D eigenvalue weighted by Gasteiger charge is -2.18. The molecule has 1 unspecified atom stereocenters. The van der Waals surface area contributed by atoms with Gasteiger partial charge in [0.15, 0.2) is 0 Å². The summed E-state index contributed by atoms with van der Waals surface area (Å²) in [4.78, 5) is 23.6. The van der Waals surface area contributed by atoms with Gasteiger partial charge in [-0.3, -0.25) is 14.9 Å². The molecule has 17 heavy (non-hydrogen) atoms. The standard InChI is InChI=1S/C11H13N3O3/c1-7-9(3-2-4-10(7)14(16)17)13-6-8(12)5-11(13)15/h2-4,8H,5-6,12H2,1H3. The van der Waals surface area contributed by atoms with Crippen LogP contribution in [0.3, 0.4) is 0 Å². The van der Waals surface area contributed by atoms with Crippen molar-refractivity contribution in [2.24, 2.45) is 5.73 Å². The molecule has 1 fully saturated rings. The zero-order valence-electron chi connectivity index (χ0n) is 9.42. The molecule has 90 valence electrons. The summed E-state index contributed by atoms with van der Waals surface area (Å²) >= 11 is 0. The van der Waals surface area contributed by atoms with Crippen molar-refractivity contribution >= 4 is 17.3 Å². The van der Waals surface area contributed by atoms with Crippen LogP contribution in [0.15, 0.2) is 18.2 Å². The molecule has 1 heterocycles. The zero-order chi connectivity index (χ0) is 12.6. The number of nitrogens with two attached hydrogens (primary N) is 1. The Kier molecular flexibility index (Phi) is 2.81. The molecule has 0 bridgehead atoms. The van der Waals surface area contributed by atoms with Crippen molar-refractivity contribution in [3.05, 3.63) is 33.9 Å². The Morgan fingerprint density at radius 1 is 1.53 bits per heavy atom. The summed E-state index contributed by atoms with van der Waals surface area (Å²) in [5, 5.41) is 10.8. The number of rotatable bonds is 2. The van der Waals surface area contributed by atoms with E-state index < -0.39 is 4.92 Å². The third-order valence-electron chi connectivity index (χ3n) is 2.92. The van der Waals surface area contributed by atoms with E-state index in [1.165, 1.54) is 11.0 Å². The van der Waals surface area contributed by atoms with Crippen LogP contribution in [0.1, 0.15) is 12.0 Å². The van der Waals surface area contributed by atoms with Gasteiger partial charge in [-0.05, 0) is 13.0 Å². The first-order valence-corrected chi connectivity index (χ1v) is 5.30. The van der Waals surface area contributed by atoms with Crippen molar-refractivity contribution < 1.29 is 9.72 Å². The summed E-state index contributed by atoms with van der Waals surface area (Å²) in [6.45, 7) is 2.06. The van der Waals surface area contributed by atoms with Crippen LogP contribution in [-0.2, 0) is 4.79 Å². The molecule has 6 heteroatoms. The van der Waals surface area contributed by atoms with E-state index in [1.54, 1.807) is 19.1 Å². The van der Waals surface area contributed by atoms with Crippen LogP contribution in [0.25, 0.3) is 0 Å². The molecule has 0 aliphatic carbocycles. The van der Waals surface area contributed by atoms with Gasteiger partial charge in [0.2, 0.25) is 5.91 Å². The minimum absolute atomic E-state index is 0.0239. The second kappa shape index (κ2) is 4.14. The first-order valence-electron chi connectivity index (χ1n) is 5.30. The Bertz CT molecular complexity index is 487. The summed E-state index contributed by atoms with van der Waals surface area (Å²) in [6, 6.07) is 4.52. The smallest absolute Gasteiger partial charge is 0.274 e. The van der Waals surface area contributed by atoms with E-state index in [4.69, 9.17) is 5.73 Å². The van der Waals surface area contributed by atoms with Crippen LogP contribution in [0, 0.1) is 17.0 Å². The van der Waals surface area contributed by atoms with Crippen molar-refractivity contribution in [3.8, 4) is 0 Å². The lowest BCUT2D eigenvalue weighted by molar-refractivity contribution is -0.385. The van der Waals surface area contributed by atoms with Gasteiger partial charge in [0.05, 0.1) is 16.2 Å². The topological polar surface area (TPSA) is 89.5 Å². The average molecular weight is 235 g/mol. The maximum atomic E-state index is 11.7. The number of carbonyl (C=O) groups excluding carboxylic acids is 1. The average Bonchev–Trinajstić information content (AvgIpc) is 2.57. The quantitative estimate of drug-likeness (QED) is 0.610. The lowest BCUT2D eigenvalue weighted by Crippen LogP contribution is -2.28. The van der Waals surface area contributed by atoms with Gasteiger partial charge >= 0.3 is 0 Å². The Hall–Kier alpha value is -1.95. The van der Waals surface area contributed by atoms with Crippen molar-refractivity contribution in [3.63, 3.8) is 0 Å². The van der Waals surface area contributed by atoms with Crippen LogP contribution in [-0.4, -0.2) is 23.4 Å². The molecule has 1 aromatic rings. The molecule has 1 aliphatic heterocycles. The fourth-order valence-electron chi connectivity index (χ4n) is 2.07. The van der Waals surface area contributed by atoms with Gasteiger partial charge < -0.3 is 10.6 Å². The molecule has 6 nitrogen and oxygen atoms in total. The van der Waals surface area contributed by atoms with Crippen LogP contribution >= 0.6 is 0 Å². The largest absolute Gasteiger partial charge is 0.326 e. The molecular formula is C11H13N3O3. The number of benzene rings is 1. The molecule has 2 rings (SSSR count). The first-order chi connectivity index (χ1) is 8.00. The van der Waals surface area contributed by atoms with Crippen LogP contribution < -0.4 is 10.6 Å². The van der Waals surface area contributed by atoms with Gasteiger partial charge in [0.25, 0.3) is 5.69 Å². The highest BCUT2D eigenvalue weighted by Gasteiger charge is 2.30. The number of nitro benzene ring substituents is 1. The summed E-state index contributed by atoms with van der Waals surface area (Å²) in [5.41, 5.74) is 6.81. The van der Waals surface area contributed by atoms with Crippen molar-refractivity contribution in [2.45, 2.75) is 19.4 Å². The van der Waals surface area contributed by atoms with Crippen molar-refractivity contribution in [1.82, 2.24) is 0 Å². The molecule has 1 saturated heterocycles. The number of carbonyl (C=O) groups is 1. The first kappa shape index (κ1) is 11.5. The highest BCUT2D eigenvalue weighted by molar-refractivity contribution is 5.97. The predicted octanol–water partition coefficient (Wildman–Crippen LogP) is 0.967. The van der Waals surface area contributed by atoms with E-state index >= 15 is 0 Å². The SMILES string of the molecule is Cc1c(N2CC(N)CC2=O)cccc1[N+](=O)[O-]. The highest BCUT2D eigenvalue weighted by atomic mass is 16.6. The molecule has 1 aromatic carbocycles. The Morgan fingerprint density at radius 3 is 2.76 bits per heavy atom. The predicted molar refractivity (Wildman–Crippen MR) is 62.8 cm³/mol. The molecule has 0 aromatic heterocycles. The molecule has 1 atom stereocenters. The van der Waals surface area contributed by atoms with E-state index in [0.29, 0.717) is 24.2 Å². The third kappa shape index (κ3) is 1.99. The monoisotopic (exact) mass is 235 g/mol. The van der Waals surface area contributed by atoms with E-state index in [0.717, 1.165) is 0 Å². The van der Waals surface area contributed by atoms with Gasteiger partial charge in [-0.2, -0.15) is 0 Å². The number of hydrogen-bond acceptors (Lipinski definition) is 4. The maximum Gasteiger partial charge on any atom is 0.274 e. The van der Waals surface area contributed by atoms with E-state index in [9.17, 15) is 14.9 Å². The minimum Gasteiger partial charge on any atom is -0.326 e. The minimum atomic E-state index is -0.445. The Morgan fingerprint density at radius 2 is 2.24 bits per heavy atom. The summed E-state index contributed by atoms with van der Waals surface area (Å²) in [5.74, 6) is -0.0823. The summed E-state index contributed by atoms with van der Waals surface area (Å²) in [6.07, 6.45) is 0.294. The summed E-state index contributed by atoms with van der Waals surface area (Å²) in [7, 11) is 0. The number of amides is 1. The Labute approximate surface area is 98.2 Å². The van der Waals surface area contributed by atoms with Gasteiger partial charge in [0, 0.05) is 25.1 Å². The fourth-order valence-corrected chi connectivity index (χ4v) is 2.07. The van der Waals surface area contributed by atoms with E-state index in [1.807, 2.05) is 0 Å². The van der Waals surface area contributed by atoms with Crippen LogP contribution in [0.2, 0.25) is 0 Å². The number of nitro groups is 1. The van der Waals surface area contributed by atoms with Crippen molar-refractivity contribution in [2.75, 3.05) is 11.4 Å². The third-order valence-corrected chi connectivity index (χ3v) is 2.92. The fraction of sp³-hybridized carbons (Fsp3) is 0.364. The van der Waals surface area contributed by atoms with Gasteiger partial charge in [-0.15, -0.1) is 0 Å². The zero-order valence-corrected chi connectivity index (χ0v) is 9.42. The molecule has 0 spiro atoms. The molecule has 0 radical (unpaired) electrons. The van der Waals surface area contributed by atoms with Gasteiger partial charge in [-0.1, -0.05) is 6.07 Å². The Balaban J connectivity index is 2.43. The molecule has 1 amide bonds. The van der Waals surface area contributed by atoms with Gasteiger partial charge in [-0.25, -0.2) is 0 Å². The van der Waals surface area contributed by atoms with E-state index in [2.05, 4.69) is 0 Å².